The SMILES string of the molecule is Cc1cc(CSCCN/C(=C/[N+](=O)[O-])NCC(O)c2cccc(C(F)(F)F)c2)sc1CN(C)C. The topological polar surface area (TPSA) is 90.7 Å². The van der Waals surface area contributed by atoms with E-state index < -0.39 is 22.8 Å². The number of thiophene rings is 1. The van der Waals surface area contributed by atoms with Gasteiger partial charge in [0, 0.05) is 40.9 Å². The molecule has 7 nitrogen and oxygen atoms in total. The molecule has 0 bridgehead atoms. The van der Waals surface area contributed by atoms with Crippen LogP contribution in [0.25, 0.3) is 0 Å². The molecule has 12 heteroatoms. The van der Waals surface area contributed by atoms with Crippen LogP contribution in [0.15, 0.2) is 42.4 Å². The van der Waals surface area contributed by atoms with Gasteiger partial charge in [0.05, 0.1) is 16.6 Å². The summed E-state index contributed by atoms with van der Waals surface area (Å²) < 4.78 is 38.6. The van der Waals surface area contributed by atoms with E-state index in [-0.39, 0.29) is 17.9 Å². The van der Waals surface area contributed by atoms with Crippen molar-refractivity contribution in [2.75, 3.05) is 32.9 Å². The summed E-state index contributed by atoms with van der Waals surface area (Å²) in [6.45, 7) is 3.24. The minimum atomic E-state index is -4.52. The number of nitrogens with zero attached hydrogens (tertiary/aromatic N) is 2. The van der Waals surface area contributed by atoms with Crippen LogP contribution in [0.3, 0.4) is 0 Å². The van der Waals surface area contributed by atoms with Crippen LogP contribution >= 0.6 is 23.1 Å². The zero-order chi connectivity index (χ0) is 25.3. The maximum Gasteiger partial charge on any atom is 0.416 e. The average molecular weight is 519 g/mol. The van der Waals surface area contributed by atoms with Gasteiger partial charge in [-0.25, -0.2) is 0 Å². The van der Waals surface area contributed by atoms with Crippen LogP contribution in [0.1, 0.15) is 32.5 Å². The third-order valence-corrected chi connectivity index (χ3v) is 7.07. The van der Waals surface area contributed by atoms with Crippen molar-refractivity contribution in [1.82, 2.24) is 15.5 Å². The molecule has 0 fully saturated rings. The Balaban J connectivity index is 1.83. The van der Waals surface area contributed by atoms with Crippen molar-refractivity contribution < 1.29 is 23.2 Å². The third kappa shape index (κ3) is 9.53. The van der Waals surface area contributed by atoms with E-state index in [1.54, 1.807) is 23.1 Å². The van der Waals surface area contributed by atoms with E-state index in [0.717, 1.165) is 30.6 Å². The molecule has 0 amide bonds. The average Bonchev–Trinajstić information content (AvgIpc) is 3.08. The number of thioether (sulfide) groups is 1. The van der Waals surface area contributed by atoms with Gasteiger partial charge in [-0.05, 0) is 50.3 Å². The van der Waals surface area contributed by atoms with Gasteiger partial charge >= 0.3 is 6.18 Å². The Morgan fingerprint density at radius 1 is 1.32 bits per heavy atom. The Hall–Kier alpha value is -2.28. The van der Waals surface area contributed by atoms with Crippen molar-refractivity contribution in [3.8, 4) is 0 Å². The first-order chi connectivity index (χ1) is 16.0. The normalized spacial score (nSPS) is 13.2. The second kappa shape index (κ2) is 13.0. The van der Waals surface area contributed by atoms with E-state index in [0.29, 0.717) is 12.3 Å². The van der Waals surface area contributed by atoms with Gasteiger partial charge in [0.2, 0.25) is 0 Å². The molecule has 3 N–H and O–H groups in total. The first-order valence-corrected chi connectivity index (χ1v) is 12.4. The van der Waals surface area contributed by atoms with Gasteiger partial charge in [-0.2, -0.15) is 24.9 Å². The highest BCUT2D eigenvalue weighted by molar-refractivity contribution is 7.98. The lowest BCUT2D eigenvalue weighted by atomic mass is 10.1. The van der Waals surface area contributed by atoms with Crippen LogP contribution in [-0.2, 0) is 18.5 Å². The number of aliphatic hydroxyl groups is 1. The number of aryl methyl sites for hydroxylation is 1. The molecule has 1 aromatic heterocycles. The molecule has 1 unspecified atom stereocenters. The zero-order valence-corrected chi connectivity index (χ0v) is 20.8. The van der Waals surface area contributed by atoms with Crippen molar-refractivity contribution in [3.63, 3.8) is 0 Å². The molecule has 34 heavy (non-hydrogen) atoms. The molecule has 2 aromatic rings. The monoisotopic (exact) mass is 518 g/mol. The van der Waals surface area contributed by atoms with Gasteiger partial charge < -0.3 is 20.6 Å². The van der Waals surface area contributed by atoms with Crippen molar-refractivity contribution >= 4 is 23.1 Å². The van der Waals surface area contributed by atoms with Crippen LogP contribution in [-0.4, -0.2) is 47.9 Å². The molecule has 0 saturated carbocycles. The second-order valence-electron chi connectivity index (χ2n) is 7.88. The van der Waals surface area contributed by atoms with Gasteiger partial charge in [-0.1, -0.05) is 12.1 Å². The second-order valence-corrected chi connectivity index (χ2v) is 10.2. The Labute approximate surface area is 205 Å². The number of nitro groups is 1. The number of halogens is 3. The van der Waals surface area contributed by atoms with Gasteiger partial charge in [0.15, 0.2) is 5.82 Å². The van der Waals surface area contributed by atoms with E-state index in [9.17, 15) is 28.4 Å². The molecule has 0 aliphatic heterocycles. The zero-order valence-electron chi connectivity index (χ0n) is 19.2. The number of hydrogen-bond acceptors (Lipinski definition) is 8. The van der Waals surface area contributed by atoms with Crippen LogP contribution in [0.2, 0.25) is 0 Å². The molecule has 1 aromatic carbocycles. The van der Waals surface area contributed by atoms with Gasteiger partial charge in [-0.15, -0.1) is 11.3 Å². The predicted octanol–water partition coefficient (Wildman–Crippen LogP) is 4.36. The molecular weight excluding hydrogens is 489 g/mol. The first kappa shape index (κ1) is 28.0. The molecule has 2 rings (SSSR count). The van der Waals surface area contributed by atoms with Crippen LogP contribution in [0, 0.1) is 17.0 Å². The predicted molar refractivity (Wildman–Crippen MR) is 130 cm³/mol. The molecular formula is C22H29F3N4O3S2. The molecule has 0 saturated heterocycles. The third-order valence-electron chi connectivity index (χ3n) is 4.66. The van der Waals surface area contributed by atoms with E-state index >= 15 is 0 Å². The highest BCUT2D eigenvalue weighted by atomic mass is 32.2. The highest BCUT2D eigenvalue weighted by Crippen LogP contribution is 2.30. The summed E-state index contributed by atoms with van der Waals surface area (Å²) in [5.41, 5.74) is 0.473. The fourth-order valence-corrected chi connectivity index (χ4v) is 5.30. The fourth-order valence-electron chi connectivity index (χ4n) is 3.04. The number of rotatable bonds is 13. The minimum absolute atomic E-state index is 0.0678. The Morgan fingerprint density at radius 3 is 2.71 bits per heavy atom. The van der Waals surface area contributed by atoms with Gasteiger partial charge in [0.1, 0.15) is 0 Å². The van der Waals surface area contributed by atoms with Crippen molar-refractivity contribution in [1.29, 1.82) is 0 Å². The van der Waals surface area contributed by atoms with E-state index in [1.165, 1.54) is 27.5 Å². The number of alkyl halides is 3. The van der Waals surface area contributed by atoms with Crippen molar-refractivity contribution in [2.24, 2.45) is 0 Å². The molecule has 0 aliphatic rings. The van der Waals surface area contributed by atoms with Crippen LogP contribution in [0.5, 0.6) is 0 Å². The Morgan fingerprint density at radius 2 is 2.06 bits per heavy atom. The lowest BCUT2D eigenvalue weighted by Gasteiger charge is -2.16. The summed E-state index contributed by atoms with van der Waals surface area (Å²) in [4.78, 5) is 15.0. The van der Waals surface area contributed by atoms with E-state index in [1.807, 2.05) is 14.1 Å². The summed E-state index contributed by atoms with van der Waals surface area (Å²) in [5, 5.41) is 26.8. The fraction of sp³-hybridized carbons (Fsp3) is 0.455. The van der Waals surface area contributed by atoms with Crippen molar-refractivity contribution in [2.45, 2.75) is 31.5 Å². The lowest BCUT2D eigenvalue weighted by Crippen LogP contribution is -2.32. The summed E-state index contributed by atoms with van der Waals surface area (Å²) in [5.74, 6) is 1.60. The number of benzene rings is 1. The lowest BCUT2D eigenvalue weighted by molar-refractivity contribution is -0.404. The van der Waals surface area contributed by atoms with Gasteiger partial charge in [-0.3, -0.25) is 10.1 Å². The van der Waals surface area contributed by atoms with Crippen LogP contribution in [0.4, 0.5) is 13.2 Å². The molecule has 188 valence electrons. The standard InChI is InChI=1S/C22H29F3N4O3S2/c1-15-9-18(34-20(15)12-28(2)3)14-33-8-7-26-21(13-29(31)32)27-11-19(30)16-5-4-6-17(10-16)22(23,24)25/h4-6,9-10,13,19,26-27,30H,7-8,11-12,14H2,1-3H3/b21-13-. The largest absolute Gasteiger partial charge is 0.416 e. The maximum absolute atomic E-state index is 12.9. The van der Waals surface area contributed by atoms with E-state index in [2.05, 4.69) is 28.5 Å². The Kier molecular flexibility index (Phi) is 10.7. The quantitative estimate of drug-likeness (QED) is 0.206. The molecule has 1 atom stereocenters. The van der Waals surface area contributed by atoms with Crippen molar-refractivity contribution in [3.05, 3.63) is 78.9 Å². The first-order valence-electron chi connectivity index (χ1n) is 10.4. The number of nitrogens with one attached hydrogen (secondary N) is 2. The van der Waals surface area contributed by atoms with E-state index in [4.69, 9.17) is 0 Å². The summed E-state index contributed by atoms with van der Waals surface area (Å²) in [6.07, 6.45) is -5.05. The molecule has 1 heterocycles. The molecule has 0 radical (unpaired) electrons. The number of hydrogen-bond donors (Lipinski definition) is 3. The number of aliphatic hydroxyl groups excluding tert-OH is 1. The van der Waals surface area contributed by atoms with Crippen LogP contribution < -0.4 is 10.6 Å². The summed E-state index contributed by atoms with van der Waals surface area (Å²) in [7, 11) is 4.06. The molecule has 0 aliphatic carbocycles. The maximum atomic E-state index is 12.9. The van der Waals surface area contributed by atoms with Gasteiger partial charge in [0.25, 0.3) is 6.20 Å². The molecule has 0 spiro atoms. The highest BCUT2D eigenvalue weighted by Gasteiger charge is 2.30. The smallest absolute Gasteiger partial charge is 0.387 e. The summed E-state index contributed by atoms with van der Waals surface area (Å²) in [6, 6.07) is 6.55. The Bertz CT molecular complexity index is 981. The summed E-state index contributed by atoms with van der Waals surface area (Å²) >= 11 is 3.46. The minimum Gasteiger partial charge on any atom is -0.387 e.